The number of thiophene rings is 1. The first kappa shape index (κ1) is 10.2. The summed E-state index contributed by atoms with van der Waals surface area (Å²) in [5, 5.41) is 1.89. The second-order valence-corrected chi connectivity index (χ2v) is 3.48. The van der Waals surface area contributed by atoms with Crippen LogP contribution in [0.3, 0.4) is 0 Å². The normalized spacial score (nSPS) is 9.85. The highest BCUT2D eigenvalue weighted by Gasteiger charge is 2.05. The Labute approximate surface area is 81.8 Å². The highest BCUT2D eigenvalue weighted by Crippen LogP contribution is 2.09. The molecule has 0 aromatic carbocycles. The minimum Gasteiger partial charge on any atom is -0.373 e. The second-order valence-electron chi connectivity index (χ2n) is 2.53. The minimum atomic E-state index is 0.0547. The molecular weight excluding hydrogens is 184 g/mol. The van der Waals surface area contributed by atoms with Gasteiger partial charge in [-0.15, -0.1) is 17.9 Å². The zero-order valence-electron chi connectivity index (χ0n) is 7.36. The summed E-state index contributed by atoms with van der Waals surface area (Å²) in [5.74, 6) is 0.0547. The van der Waals surface area contributed by atoms with Crippen LogP contribution in [0.5, 0.6) is 0 Å². The van der Waals surface area contributed by atoms with Crippen LogP contribution in [-0.2, 0) is 4.74 Å². The number of carbonyl (C=O) groups is 1. The summed E-state index contributed by atoms with van der Waals surface area (Å²) in [6.07, 6.45) is 2.56. The maximum absolute atomic E-state index is 11.3. The van der Waals surface area contributed by atoms with E-state index in [1.165, 1.54) is 11.3 Å². The van der Waals surface area contributed by atoms with Gasteiger partial charge in [0.15, 0.2) is 5.78 Å². The Bertz CT molecular complexity index is 264. The molecule has 0 atom stereocenters. The van der Waals surface area contributed by atoms with E-state index in [1.807, 2.05) is 17.5 Å². The first-order valence-corrected chi connectivity index (χ1v) is 4.98. The van der Waals surface area contributed by atoms with E-state index in [0.29, 0.717) is 6.61 Å². The lowest BCUT2D eigenvalue weighted by Gasteiger charge is -1.99. The molecule has 0 saturated carbocycles. The number of ketones is 1. The highest BCUT2D eigenvalue weighted by atomic mass is 32.1. The lowest BCUT2D eigenvalue weighted by molar-refractivity contribution is 0.0772. The Balaban J connectivity index is 2.23. The average molecular weight is 196 g/mol. The van der Waals surface area contributed by atoms with Crippen LogP contribution in [-0.4, -0.2) is 19.0 Å². The number of carbonyl (C=O) groups excluding carboxylic acids is 1. The van der Waals surface area contributed by atoms with Gasteiger partial charge in [-0.25, -0.2) is 0 Å². The van der Waals surface area contributed by atoms with Gasteiger partial charge >= 0.3 is 0 Å². The van der Waals surface area contributed by atoms with Gasteiger partial charge in [0.25, 0.3) is 0 Å². The molecule has 0 unspecified atom stereocenters. The Kier molecular flexibility index (Phi) is 4.43. The molecule has 0 N–H and O–H groups in total. The van der Waals surface area contributed by atoms with Crippen molar-refractivity contribution in [2.24, 2.45) is 0 Å². The molecule has 0 spiro atoms. The minimum absolute atomic E-state index is 0.0547. The van der Waals surface area contributed by atoms with Crippen molar-refractivity contribution in [3.63, 3.8) is 0 Å². The fourth-order valence-electron chi connectivity index (χ4n) is 0.840. The lowest BCUT2D eigenvalue weighted by atomic mass is 10.3. The fourth-order valence-corrected chi connectivity index (χ4v) is 1.49. The summed E-state index contributed by atoms with van der Waals surface area (Å²) < 4.78 is 5.15. The molecule has 0 amide bonds. The van der Waals surface area contributed by atoms with E-state index in [-0.39, 0.29) is 12.4 Å². The van der Waals surface area contributed by atoms with Gasteiger partial charge < -0.3 is 4.74 Å². The second kappa shape index (κ2) is 5.67. The molecule has 0 saturated heterocycles. The molecule has 0 bridgehead atoms. The van der Waals surface area contributed by atoms with Crippen LogP contribution in [0.4, 0.5) is 0 Å². The molecule has 0 fully saturated rings. The number of ether oxygens (including phenoxy) is 1. The van der Waals surface area contributed by atoms with Crippen molar-refractivity contribution < 1.29 is 9.53 Å². The summed E-state index contributed by atoms with van der Waals surface area (Å²) in [6.45, 7) is 4.31. The van der Waals surface area contributed by atoms with E-state index in [0.717, 1.165) is 11.3 Å². The van der Waals surface area contributed by atoms with Crippen molar-refractivity contribution >= 4 is 17.1 Å². The summed E-state index contributed by atoms with van der Waals surface area (Å²) in [7, 11) is 0. The summed E-state index contributed by atoms with van der Waals surface area (Å²) in [6, 6.07) is 3.67. The molecule has 0 aliphatic carbocycles. The van der Waals surface area contributed by atoms with E-state index in [2.05, 4.69) is 6.58 Å². The molecule has 1 aromatic rings. The molecular formula is C10H12O2S. The first-order chi connectivity index (χ1) is 6.34. The third-order valence-electron chi connectivity index (χ3n) is 1.50. The van der Waals surface area contributed by atoms with Gasteiger partial charge in [0, 0.05) is 0 Å². The van der Waals surface area contributed by atoms with Crippen LogP contribution in [0.2, 0.25) is 0 Å². The van der Waals surface area contributed by atoms with Crippen LogP contribution in [0, 0.1) is 0 Å². The van der Waals surface area contributed by atoms with Crippen molar-refractivity contribution in [3.05, 3.63) is 35.0 Å². The Hall–Kier alpha value is -0.930. The fraction of sp³-hybridized carbons (Fsp3) is 0.300. The Morgan fingerprint density at radius 1 is 1.69 bits per heavy atom. The van der Waals surface area contributed by atoms with Crippen molar-refractivity contribution in [1.82, 2.24) is 0 Å². The van der Waals surface area contributed by atoms with Gasteiger partial charge in [0.1, 0.15) is 6.61 Å². The first-order valence-electron chi connectivity index (χ1n) is 4.10. The maximum Gasteiger partial charge on any atom is 0.198 e. The van der Waals surface area contributed by atoms with E-state index < -0.39 is 0 Å². The number of Topliss-reactive ketones (excluding diaryl/α,β-unsaturated/α-hetero) is 1. The quantitative estimate of drug-likeness (QED) is 0.397. The topological polar surface area (TPSA) is 26.3 Å². The van der Waals surface area contributed by atoms with Gasteiger partial charge in [-0.3, -0.25) is 4.79 Å². The van der Waals surface area contributed by atoms with Crippen LogP contribution in [0.1, 0.15) is 16.1 Å². The van der Waals surface area contributed by atoms with E-state index in [1.54, 1.807) is 6.08 Å². The monoisotopic (exact) mass is 196 g/mol. The van der Waals surface area contributed by atoms with Crippen molar-refractivity contribution in [1.29, 1.82) is 0 Å². The van der Waals surface area contributed by atoms with Crippen molar-refractivity contribution in [2.45, 2.75) is 6.42 Å². The molecule has 13 heavy (non-hydrogen) atoms. The van der Waals surface area contributed by atoms with Crippen molar-refractivity contribution in [2.75, 3.05) is 13.2 Å². The molecule has 1 aromatic heterocycles. The molecule has 1 rings (SSSR count). The highest BCUT2D eigenvalue weighted by molar-refractivity contribution is 7.12. The molecule has 2 nitrogen and oxygen atoms in total. The van der Waals surface area contributed by atoms with Gasteiger partial charge in [-0.1, -0.05) is 12.1 Å². The van der Waals surface area contributed by atoms with Crippen LogP contribution in [0.15, 0.2) is 30.2 Å². The number of hydrogen-bond acceptors (Lipinski definition) is 3. The van der Waals surface area contributed by atoms with E-state index in [9.17, 15) is 4.79 Å². The molecule has 0 aliphatic heterocycles. The van der Waals surface area contributed by atoms with Crippen LogP contribution in [0.25, 0.3) is 0 Å². The molecule has 70 valence electrons. The van der Waals surface area contributed by atoms with Crippen molar-refractivity contribution in [3.8, 4) is 0 Å². The largest absolute Gasteiger partial charge is 0.373 e. The van der Waals surface area contributed by atoms with Gasteiger partial charge in [-0.05, 0) is 17.9 Å². The third kappa shape index (κ3) is 3.53. The van der Waals surface area contributed by atoms with Gasteiger partial charge in [0.05, 0.1) is 11.5 Å². The third-order valence-corrected chi connectivity index (χ3v) is 2.41. The van der Waals surface area contributed by atoms with Crippen LogP contribution >= 0.6 is 11.3 Å². The summed E-state index contributed by atoms with van der Waals surface area (Å²) in [4.78, 5) is 12.1. The van der Waals surface area contributed by atoms with Gasteiger partial charge in [-0.2, -0.15) is 0 Å². The zero-order chi connectivity index (χ0) is 9.52. The predicted molar refractivity (Wildman–Crippen MR) is 54.3 cm³/mol. The van der Waals surface area contributed by atoms with E-state index >= 15 is 0 Å². The standard InChI is InChI=1S/C10H12O2S/c1-2-3-6-12-8-9(11)10-5-4-7-13-10/h2,4-5,7H,1,3,6,8H2. The lowest BCUT2D eigenvalue weighted by Crippen LogP contribution is -2.07. The van der Waals surface area contributed by atoms with Crippen LogP contribution < -0.4 is 0 Å². The molecule has 3 heteroatoms. The van der Waals surface area contributed by atoms with E-state index in [4.69, 9.17) is 4.74 Å². The predicted octanol–water partition coefficient (Wildman–Crippen LogP) is 2.52. The Morgan fingerprint density at radius 2 is 2.54 bits per heavy atom. The Morgan fingerprint density at radius 3 is 3.15 bits per heavy atom. The SMILES string of the molecule is C=CCCOCC(=O)c1cccs1. The molecule has 0 aliphatic rings. The summed E-state index contributed by atoms with van der Waals surface area (Å²) >= 11 is 1.45. The molecule has 0 radical (unpaired) electrons. The zero-order valence-corrected chi connectivity index (χ0v) is 8.18. The number of rotatable bonds is 6. The number of hydrogen-bond donors (Lipinski definition) is 0. The molecule has 1 heterocycles. The average Bonchev–Trinajstić information content (AvgIpc) is 2.65. The maximum atomic E-state index is 11.3. The van der Waals surface area contributed by atoms with Gasteiger partial charge in [0.2, 0.25) is 0 Å². The summed E-state index contributed by atoms with van der Waals surface area (Å²) in [5.41, 5.74) is 0. The smallest absolute Gasteiger partial charge is 0.198 e.